The Kier molecular flexibility index (Phi) is 26.0. The Labute approximate surface area is 683 Å². The Balaban J connectivity index is 0.000000156. The van der Waals surface area contributed by atoms with E-state index >= 15 is 4.39 Å². The second-order valence-electron chi connectivity index (χ2n) is 27.3. The monoisotopic (exact) mass is 1700 g/mol. The van der Waals surface area contributed by atoms with Crippen molar-refractivity contribution in [3.63, 3.8) is 0 Å². The van der Waals surface area contributed by atoms with Crippen molar-refractivity contribution in [1.82, 2.24) is 29.9 Å². The highest BCUT2D eigenvalue weighted by Gasteiger charge is 2.32. The molecule has 38 heteroatoms. The first-order chi connectivity index (χ1) is 57.5. The highest BCUT2D eigenvalue weighted by atomic mass is 32.2. The van der Waals surface area contributed by atoms with Crippen molar-refractivity contribution in [3.8, 4) is 33.4 Å². The lowest BCUT2D eigenvalue weighted by Crippen LogP contribution is -2.21. The van der Waals surface area contributed by atoms with Crippen LogP contribution in [0.4, 0.5) is 136 Å². The fraction of sp³-hybridized carbons (Fsp3) is 0.159. The van der Waals surface area contributed by atoms with Crippen molar-refractivity contribution >= 4 is 134 Å². The zero-order chi connectivity index (χ0) is 84.7. The number of carbonyl (C=O) groups excluding carboxylic acids is 3. The number of anilines is 15. The SMILES string of the molecule is N=S1(=O)CCCCNc2nc(ncc2-c2ccc(NC(=O)Nc3cc(C(F)(F)F)ccc3F)c(F)c2)Nc2cccc1c2.N=S1(=O)CCCCNc2nc(ncc2-c2ccc(NC(=O)Nc3cc(F)ccc3F)cc2)Nc2cccc1c2.N=S1(=O)CCCCNc2nc(ncc2-c2ccc(NC(=O)Nc3ccc(F)cc3)cc2)Nc2cccc1c2. The van der Waals surface area contributed by atoms with Gasteiger partial charge in [-0.1, -0.05) is 48.5 Å². The van der Waals surface area contributed by atoms with Crippen LogP contribution in [0.5, 0.6) is 0 Å². The van der Waals surface area contributed by atoms with Crippen LogP contribution in [-0.2, 0) is 35.4 Å². The molecule has 618 valence electrons. The Morgan fingerprint density at radius 3 is 1.12 bits per heavy atom. The van der Waals surface area contributed by atoms with Crippen LogP contribution in [0.15, 0.2) is 233 Å². The maximum absolute atomic E-state index is 15.1. The molecule has 12 bridgehead atoms. The van der Waals surface area contributed by atoms with E-state index in [1.165, 1.54) is 42.6 Å². The molecule has 3 aliphatic heterocycles. The van der Waals surface area contributed by atoms with Gasteiger partial charge in [-0.3, -0.25) is 0 Å². The second-order valence-corrected chi connectivity index (χ2v) is 34.0. The summed E-state index contributed by atoms with van der Waals surface area (Å²) in [5.74, 6) is -0.501. The highest BCUT2D eigenvalue weighted by molar-refractivity contribution is 7.93. The van der Waals surface area contributed by atoms with E-state index in [0.29, 0.717) is 159 Å². The van der Waals surface area contributed by atoms with E-state index < -0.39 is 88.0 Å². The summed E-state index contributed by atoms with van der Waals surface area (Å²) in [6, 6.07) is 46.2. The number of nitrogens with zero attached hydrogens (tertiary/aromatic N) is 6. The smallest absolute Gasteiger partial charge is 0.369 e. The first kappa shape index (κ1) is 84.0. The number of aromatic nitrogens is 6. The molecule has 0 spiro atoms. The van der Waals surface area contributed by atoms with Gasteiger partial charge in [-0.25, -0.2) is 78.3 Å². The summed E-state index contributed by atoms with van der Waals surface area (Å²) in [5, 5.41) is 33.6. The van der Waals surface area contributed by atoms with Crippen LogP contribution < -0.4 is 63.8 Å². The van der Waals surface area contributed by atoms with Crippen molar-refractivity contribution in [2.75, 3.05) is 101 Å². The van der Waals surface area contributed by atoms with Crippen LogP contribution in [0.25, 0.3) is 33.4 Å². The van der Waals surface area contributed by atoms with E-state index in [4.69, 9.17) is 14.3 Å². The van der Waals surface area contributed by atoms with Gasteiger partial charge >= 0.3 is 24.3 Å². The molecular weight excluding hydrogens is 1620 g/mol. The lowest BCUT2D eigenvalue weighted by Gasteiger charge is -2.14. The van der Waals surface area contributed by atoms with Gasteiger partial charge in [0.15, 0.2) is 0 Å². The minimum absolute atomic E-state index is 0.182. The molecule has 0 saturated heterocycles. The topological polar surface area (TPSA) is 396 Å². The zero-order valence-electron chi connectivity index (χ0n) is 63.2. The third kappa shape index (κ3) is 22.2. The molecule has 120 heavy (non-hydrogen) atoms. The van der Waals surface area contributed by atoms with Crippen LogP contribution in [0.1, 0.15) is 44.1 Å². The Bertz CT molecular complexity index is 6170. The number of rotatable bonds is 9. The largest absolute Gasteiger partial charge is 0.416 e. The van der Waals surface area contributed by atoms with Crippen molar-refractivity contribution in [2.24, 2.45) is 0 Å². The molecule has 0 radical (unpaired) electrons. The van der Waals surface area contributed by atoms with Gasteiger partial charge in [-0.2, -0.15) is 28.1 Å². The minimum atomic E-state index is -4.75. The van der Waals surface area contributed by atoms with Crippen LogP contribution >= 0.6 is 0 Å². The van der Waals surface area contributed by atoms with Gasteiger partial charge < -0.3 is 63.8 Å². The second kappa shape index (κ2) is 37.2. The van der Waals surface area contributed by atoms with Crippen molar-refractivity contribution in [1.29, 1.82) is 14.3 Å². The van der Waals surface area contributed by atoms with Gasteiger partial charge in [0, 0.05) is 127 Å². The molecule has 0 fully saturated rings. The number of benzene rings is 9. The quantitative estimate of drug-likeness (QED) is 0.0597. The van der Waals surface area contributed by atoms with Gasteiger partial charge in [0.2, 0.25) is 17.8 Å². The van der Waals surface area contributed by atoms with Gasteiger partial charge in [0.1, 0.15) is 46.5 Å². The number of hydrogen-bond acceptors (Lipinski definition) is 21. The fourth-order valence-electron chi connectivity index (χ4n) is 12.4. The van der Waals surface area contributed by atoms with E-state index in [2.05, 4.69) is 88.4 Å². The van der Waals surface area contributed by atoms with E-state index in [9.17, 15) is 57.7 Å². The van der Waals surface area contributed by atoms with E-state index in [0.717, 1.165) is 52.9 Å². The Morgan fingerprint density at radius 1 is 0.358 bits per heavy atom. The van der Waals surface area contributed by atoms with Crippen molar-refractivity contribution in [3.05, 3.63) is 253 Å². The van der Waals surface area contributed by atoms with Crippen molar-refractivity contribution < 1.29 is 62.1 Å². The van der Waals surface area contributed by atoms with E-state index in [1.54, 1.807) is 116 Å². The number of alkyl halides is 3. The summed E-state index contributed by atoms with van der Waals surface area (Å²) in [6.45, 7) is 1.58. The summed E-state index contributed by atoms with van der Waals surface area (Å²) in [6.07, 6.45) is 3.90. The Morgan fingerprint density at radius 2 is 0.708 bits per heavy atom. The van der Waals surface area contributed by atoms with E-state index in [1.807, 2.05) is 23.5 Å². The molecular formula is C82H75F8N21O6S3. The van der Waals surface area contributed by atoms with Crippen LogP contribution in [-0.4, -0.2) is 97.5 Å². The summed E-state index contributed by atoms with van der Waals surface area (Å²) >= 11 is 0. The number of urea groups is 3. The number of halogens is 8. The molecule has 27 nitrogen and oxygen atoms in total. The average molecular weight is 1700 g/mol. The molecule has 3 unspecified atom stereocenters. The first-order valence-corrected chi connectivity index (χ1v) is 42.3. The lowest BCUT2D eigenvalue weighted by atomic mass is 10.1. The molecule has 6 heterocycles. The minimum Gasteiger partial charge on any atom is -0.369 e. The normalized spacial score (nSPS) is 16.9. The van der Waals surface area contributed by atoms with Crippen LogP contribution in [0, 0.1) is 43.4 Å². The summed E-state index contributed by atoms with van der Waals surface area (Å²) in [5.41, 5.74) is 4.81. The molecule has 15 rings (SSSR count). The predicted molar refractivity (Wildman–Crippen MR) is 449 cm³/mol. The standard InChI is InChI=1S/C28H24F5N7O2S.C27H25F2N7O2S.C27H26FN7O2S/c29-21-8-7-17(28(31,32)33)13-24(21)39-27(41)38-23-9-6-16(12-22(23)30)20-15-36-26-37-18-4-3-5-19(14-18)43(34,42)11-2-1-10-35-25(20)40-26;28-18-8-11-23(29)24(14-18)35-27(37)34-19-9-6-17(7-10-19)22-16-32-26-33-20-4-3-5-21(15-20)39(30,38)13-2-1-12-31-25(22)36-26;28-19-8-12-21(13-9-19)34-27(36)33-20-10-6-18(7-11-20)24-17-31-26-32-22-4-3-5-23(16-22)38(29,37)15-2-1-14-30-25(24)35-26/h3-9,12-15,34H,1-2,10-11H2,(H2,38,39,41)(H2,35,36,37,40);3-11,14-16,30H,1-2,12-13H2,(H2,34,35,37)(H2,31,32,33,36);3-13,16-17,29H,1-2,14-15H2,(H2,33,34,36)(H2,30,31,32,35). The van der Waals surface area contributed by atoms with Gasteiger partial charge in [0.05, 0.1) is 51.8 Å². The third-order valence-corrected chi connectivity index (χ3v) is 24.1. The molecule has 9 aromatic carbocycles. The molecule has 12 aromatic rings. The van der Waals surface area contributed by atoms with Crippen molar-refractivity contribution in [2.45, 2.75) is 59.4 Å². The number of amides is 6. The van der Waals surface area contributed by atoms with Gasteiger partial charge in [-0.15, -0.1) is 0 Å². The summed E-state index contributed by atoms with van der Waals surface area (Å²) < 4.78 is 172. The maximum Gasteiger partial charge on any atom is 0.416 e. The number of fused-ring (bicyclic) bond motifs is 12. The van der Waals surface area contributed by atoms with Crippen LogP contribution in [0.2, 0.25) is 0 Å². The molecule has 6 amide bonds. The first-order valence-electron chi connectivity index (χ1n) is 37.1. The zero-order valence-corrected chi connectivity index (χ0v) is 65.6. The summed E-state index contributed by atoms with van der Waals surface area (Å²) in [4.78, 5) is 65.3. The highest BCUT2D eigenvalue weighted by Crippen LogP contribution is 2.37. The number of hydrogen-bond donors (Lipinski definition) is 15. The Hall–Kier alpha value is -13.9. The third-order valence-electron chi connectivity index (χ3n) is 18.5. The average Bonchev–Trinajstić information content (AvgIpc) is 1.07. The van der Waals surface area contributed by atoms with Gasteiger partial charge in [-0.05, 0) is 201 Å². The molecule has 3 atom stereocenters. The molecule has 0 saturated carbocycles. The number of nitrogens with one attached hydrogen (secondary N) is 15. The number of carbonyl (C=O) groups is 3. The maximum atomic E-state index is 15.1. The predicted octanol–water partition coefficient (Wildman–Crippen LogP) is 20.1. The molecule has 0 aliphatic carbocycles. The molecule has 15 N–H and O–H groups in total. The van der Waals surface area contributed by atoms with E-state index in [-0.39, 0.29) is 40.4 Å². The fourth-order valence-corrected chi connectivity index (χ4v) is 16.8. The van der Waals surface area contributed by atoms with Gasteiger partial charge in [0.25, 0.3) is 0 Å². The lowest BCUT2D eigenvalue weighted by molar-refractivity contribution is -0.137. The molecule has 3 aliphatic rings. The van der Waals surface area contributed by atoms with Crippen LogP contribution in [0.3, 0.4) is 0 Å². The molecule has 3 aromatic heterocycles. The summed E-state index contributed by atoms with van der Waals surface area (Å²) in [7, 11) is -8.76.